The van der Waals surface area contributed by atoms with Crippen LogP contribution in [0.1, 0.15) is 31.7 Å². The smallest absolute Gasteiger partial charge is 0.149 e. The van der Waals surface area contributed by atoms with Gasteiger partial charge in [-0.1, -0.05) is 19.9 Å². The molecule has 0 spiro atoms. The number of nitroso groups, excluding NO2 is 1. The fourth-order valence-electron chi connectivity index (χ4n) is 1.16. The molecule has 3 nitrogen and oxygen atoms in total. The Balaban J connectivity index is 3.05. The molecule has 0 heterocycles. The first kappa shape index (κ1) is 9.71. The predicted molar refractivity (Wildman–Crippen MR) is 52.3 cm³/mol. The molecule has 0 aromatic heterocycles. The Labute approximate surface area is 77.4 Å². The third-order valence-electron chi connectivity index (χ3n) is 2.28. The van der Waals surface area contributed by atoms with Gasteiger partial charge in [-0.25, -0.2) is 0 Å². The molecular formula is C10H13NO2. The summed E-state index contributed by atoms with van der Waals surface area (Å²) in [6.45, 7) is 4.15. The minimum atomic E-state index is -0.0537. The monoisotopic (exact) mass is 179 g/mol. The average Bonchev–Trinajstić information content (AvgIpc) is 2.17. The van der Waals surface area contributed by atoms with Gasteiger partial charge >= 0.3 is 0 Å². The first-order valence-electron chi connectivity index (χ1n) is 4.35. The highest BCUT2D eigenvalue weighted by molar-refractivity contribution is 5.52. The Morgan fingerprint density at radius 3 is 2.77 bits per heavy atom. The maximum absolute atomic E-state index is 10.3. The highest BCUT2D eigenvalue weighted by Crippen LogP contribution is 2.30. The van der Waals surface area contributed by atoms with Gasteiger partial charge in [0.1, 0.15) is 11.4 Å². The lowest BCUT2D eigenvalue weighted by Gasteiger charge is -2.08. The molecule has 1 N–H and O–H groups in total. The average molecular weight is 179 g/mol. The Morgan fingerprint density at radius 2 is 2.23 bits per heavy atom. The van der Waals surface area contributed by atoms with Crippen LogP contribution in [0.4, 0.5) is 5.69 Å². The van der Waals surface area contributed by atoms with Crippen molar-refractivity contribution in [2.24, 2.45) is 5.18 Å². The molecule has 0 saturated heterocycles. The molecule has 0 saturated carbocycles. The first-order valence-corrected chi connectivity index (χ1v) is 4.35. The zero-order valence-electron chi connectivity index (χ0n) is 7.82. The van der Waals surface area contributed by atoms with Gasteiger partial charge in [0.2, 0.25) is 0 Å². The van der Waals surface area contributed by atoms with Gasteiger partial charge in [0.05, 0.1) is 0 Å². The zero-order valence-corrected chi connectivity index (χ0v) is 7.82. The van der Waals surface area contributed by atoms with Crippen molar-refractivity contribution in [2.75, 3.05) is 0 Å². The van der Waals surface area contributed by atoms with Gasteiger partial charge < -0.3 is 5.11 Å². The second-order valence-corrected chi connectivity index (χ2v) is 3.15. The highest BCUT2D eigenvalue weighted by atomic mass is 16.3. The molecule has 0 aliphatic carbocycles. The van der Waals surface area contributed by atoms with Crippen LogP contribution in [0, 0.1) is 4.91 Å². The lowest BCUT2D eigenvalue weighted by Crippen LogP contribution is -1.89. The summed E-state index contributed by atoms with van der Waals surface area (Å²) < 4.78 is 0. The Morgan fingerprint density at radius 1 is 1.54 bits per heavy atom. The van der Waals surface area contributed by atoms with Crippen LogP contribution in [0.25, 0.3) is 0 Å². The van der Waals surface area contributed by atoms with E-state index in [4.69, 9.17) is 0 Å². The molecule has 0 amide bonds. The molecule has 1 aromatic rings. The van der Waals surface area contributed by atoms with E-state index in [0.717, 1.165) is 12.0 Å². The topological polar surface area (TPSA) is 49.7 Å². The van der Waals surface area contributed by atoms with Crippen LogP contribution in [0.3, 0.4) is 0 Å². The number of hydrogen-bond donors (Lipinski definition) is 1. The molecular weight excluding hydrogens is 166 g/mol. The Kier molecular flexibility index (Phi) is 3.01. The Hall–Kier alpha value is -1.38. The third-order valence-corrected chi connectivity index (χ3v) is 2.28. The summed E-state index contributed by atoms with van der Waals surface area (Å²) >= 11 is 0. The van der Waals surface area contributed by atoms with Crippen LogP contribution in [0.2, 0.25) is 0 Å². The minimum absolute atomic E-state index is 0.0537. The van der Waals surface area contributed by atoms with Crippen molar-refractivity contribution in [3.8, 4) is 5.75 Å². The molecule has 0 aliphatic rings. The van der Waals surface area contributed by atoms with E-state index in [9.17, 15) is 10.0 Å². The van der Waals surface area contributed by atoms with Gasteiger partial charge in [-0.2, -0.15) is 0 Å². The van der Waals surface area contributed by atoms with E-state index in [0.29, 0.717) is 5.92 Å². The van der Waals surface area contributed by atoms with Crippen LogP contribution in [0.5, 0.6) is 5.75 Å². The quantitative estimate of drug-likeness (QED) is 0.723. The zero-order chi connectivity index (χ0) is 9.84. The number of benzene rings is 1. The second kappa shape index (κ2) is 4.03. The molecule has 1 unspecified atom stereocenters. The molecule has 0 radical (unpaired) electrons. The van der Waals surface area contributed by atoms with E-state index in [2.05, 4.69) is 19.0 Å². The molecule has 0 bridgehead atoms. The van der Waals surface area contributed by atoms with Gasteiger partial charge in [-0.15, -0.1) is 4.91 Å². The third kappa shape index (κ3) is 2.05. The van der Waals surface area contributed by atoms with Crippen molar-refractivity contribution < 1.29 is 5.11 Å². The number of aromatic hydroxyl groups is 1. The summed E-state index contributed by atoms with van der Waals surface area (Å²) in [5.74, 6) is 0.336. The van der Waals surface area contributed by atoms with Gasteiger partial charge in [0.25, 0.3) is 0 Å². The summed E-state index contributed by atoms with van der Waals surface area (Å²) in [5, 5.41) is 11.9. The lowest BCUT2D eigenvalue weighted by atomic mass is 9.98. The molecule has 1 rings (SSSR count). The van der Waals surface area contributed by atoms with E-state index >= 15 is 0 Å². The van der Waals surface area contributed by atoms with Crippen molar-refractivity contribution in [1.29, 1.82) is 0 Å². The van der Waals surface area contributed by atoms with Crippen LogP contribution in [-0.2, 0) is 0 Å². The van der Waals surface area contributed by atoms with Crippen molar-refractivity contribution in [1.82, 2.24) is 0 Å². The number of hydrogen-bond acceptors (Lipinski definition) is 3. The molecule has 0 aliphatic heterocycles. The van der Waals surface area contributed by atoms with Gasteiger partial charge in [-0.05, 0) is 35.2 Å². The fourth-order valence-corrected chi connectivity index (χ4v) is 1.16. The standard InChI is InChI=1S/C10H13NO2/c1-3-7(2)8-4-5-10(12)9(6-8)11-13/h4-7,12H,3H2,1-2H3. The van der Waals surface area contributed by atoms with E-state index in [1.165, 1.54) is 6.07 Å². The molecule has 1 aromatic carbocycles. The molecule has 3 heteroatoms. The van der Waals surface area contributed by atoms with Crippen LogP contribution in [-0.4, -0.2) is 5.11 Å². The first-order chi connectivity index (χ1) is 6.19. The maximum Gasteiger partial charge on any atom is 0.149 e. The van der Waals surface area contributed by atoms with Crippen LogP contribution < -0.4 is 0 Å². The molecule has 13 heavy (non-hydrogen) atoms. The van der Waals surface area contributed by atoms with Gasteiger partial charge in [0, 0.05) is 0 Å². The fraction of sp³-hybridized carbons (Fsp3) is 0.400. The number of phenolic OH excluding ortho intramolecular Hbond substituents is 1. The highest BCUT2D eigenvalue weighted by Gasteiger charge is 2.07. The number of phenols is 1. The normalized spacial score (nSPS) is 12.5. The lowest BCUT2D eigenvalue weighted by molar-refractivity contribution is 0.476. The van der Waals surface area contributed by atoms with Gasteiger partial charge in [-0.3, -0.25) is 0 Å². The van der Waals surface area contributed by atoms with Crippen molar-refractivity contribution in [2.45, 2.75) is 26.2 Å². The van der Waals surface area contributed by atoms with E-state index in [1.807, 2.05) is 6.07 Å². The van der Waals surface area contributed by atoms with E-state index in [-0.39, 0.29) is 11.4 Å². The largest absolute Gasteiger partial charge is 0.506 e. The van der Waals surface area contributed by atoms with Crippen LogP contribution in [0.15, 0.2) is 23.4 Å². The van der Waals surface area contributed by atoms with Crippen molar-refractivity contribution >= 4 is 5.69 Å². The van der Waals surface area contributed by atoms with Crippen molar-refractivity contribution in [3.63, 3.8) is 0 Å². The summed E-state index contributed by atoms with van der Waals surface area (Å²) in [7, 11) is 0. The molecule has 70 valence electrons. The Bertz CT molecular complexity index is 310. The summed E-state index contributed by atoms with van der Waals surface area (Å²) in [6.07, 6.45) is 1.00. The molecule has 0 fully saturated rings. The maximum atomic E-state index is 10.3. The predicted octanol–water partition coefficient (Wildman–Crippen LogP) is 3.30. The second-order valence-electron chi connectivity index (χ2n) is 3.15. The number of nitrogens with zero attached hydrogens (tertiary/aromatic N) is 1. The summed E-state index contributed by atoms with van der Waals surface area (Å²) in [4.78, 5) is 10.3. The molecule has 1 atom stereocenters. The van der Waals surface area contributed by atoms with Crippen molar-refractivity contribution in [3.05, 3.63) is 28.7 Å². The van der Waals surface area contributed by atoms with Gasteiger partial charge in [0.15, 0.2) is 0 Å². The summed E-state index contributed by atoms with van der Waals surface area (Å²) in [5.41, 5.74) is 1.16. The SMILES string of the molecule is CCC(C)c1ccc(O)c(N=O)c1. The summed E-state index contributed by atoms with van der Waals surface area (Å²) in [6, 6.07) is 4.97. The van der Waals surface area contributed by atoms with E-state index in [1.54, 1.807) is 6.07 Å². The minimum Gasteiger partial charge on any atom is -0.506 e. The number of rotatable bonds is 3. The van der Waals surface area contributed by atoms with Crippen LogP contribution >= 0.6 is 0 Å². The van der Waals surface area contributed by atoms with E-state index < -0.39 is 0 Å².